The van der Waals surface area contributed by atoms with Crippen molar-refractivity contribution in [3.8, 4) is 11.5 Å². The molecule has 0 aliphatic carbocycles. The Morgan fingerprint density at radius 3 is 2.68 bits per heavy atom. The minimum atomic E-state index is -0.376. The number of nitrogens with zero attached hydrogens (tertiary/aromatic N) is 2. The molecule has 1 aromatic heterocycles. The molecule has 1 N–H and O–H groups in total. The van der Waals surface area contributed by atoms with Crippen molar-refractivity contribution in [1.29, 1.82) is 0 Å². The predicted octanol–water partition coefficient (Wildman–Crippen LogP) is 4.12. The van der Waals surface area contributed by atoms with E-state index in [0.29, 0.717) is 23.7 Å². The number of anilines is 1. The molecular formula is C18H17N3O3S. The highest BCUT2D eigenvalue weighted by Crippen LogP contribution is 2.19. The molecule has 0 amide bonds. The molecule has 1 heterocycles. The van der Waals surface area contributed by atoms with E-state index >= 15 is 0 Å². The zero-order valence-electron chi connectivity index (χ0n) is 13.6. The molecule has 0 bridgehead atoms. The molecule has 7 heteroatoms. The molecule has 0 saturated carbocycles. The van der Waals surface area contributed by atoms with Crippen LogP contribution >= 0.6 is 12.2 Å². The summed E-state index contributed by atoms with van der Waals surface area (Å²) in [7, 11) is 0. The van der Waals surface area contributed by atoms with Crippen LogP contribution in [0.4, 0.5) is 5.69 Å². The first kappa shape index (κ1) is 16.9. The maximum atomic E-state index is 12.0. The molecule has 0 unspecified atom stereocenters. The minimum Gasteiger partial charge on any atom is -0.462 e. The third-order valence-corrected chi connectivity index (χ3v) is 3.76. The number of ether oxygens (including phenoxy) is 1. The maximum Gasteiger partial charge on any atom is 0.340 e. The minimum absolute atomic E-state index is 0.250. The quantitative estimate of drug-likeness (QED) is 0.530. The SMILES string of the molecule is CCOC(=O)c1ccccc1NCn1nc(-c2ccccc2)oc1=S. The van der Waals surface area contributed by atoms with Crippen LogP contribution < -0.4 is 5.32 Å². The van der Waals surface area contributed by atoms with Crippen LogP contribution in [0.5, 0.6) is 0 Å². The van der Waals surface area contributed by atoms with Gasteiger partial charge in [-0.25, -0.2) is 9.48 Å². The number of rotatable bonds is 6. The number of esters is 1. The number of para-hydroxylation sites is 1. The fourth-order valence-electron chi connectivity index (χ4n) is 2.29. The van der Waals surface area contributed by atoms with Gasteiger partial charge in [-0.2, -0.15) is 0 Å². The summed E-state index contributed by atoms with van der Waals surface area (Å²) >= 11 is 5.22. The summed E-state index contributed by atoms with van der Waals surface area (Å²) in [5, 5.41) is 7.52. The third-order valence-electron chi connectivity index (χ3n) is 3.47. The van der Waals surface area contributed by atoms with Crippen molar-refractivity contribution in [2.45, 2.75) is 13.6 Å². The maximum absolute atomic E-state index is 12.0. The lowest BCUT2D eigenvalue weighted by molar-refractivity contribution is 0.0527. The highest BCUT2D eigenvalue weighted by Gasteiger charge is 2.12. The Balaban J connectivity index is 1.78. The first-order valence-electron chi connectivity index (χ1n) is 7.82. The van der Waals surface area contributed by atoms with Gasteiger partial charge in [0.15, 0.2) is 0 Å². The van der Waals surface area contributed by atoms with Crippen LogP contribution in [0, 0.1) is 4.84 Å². The Bertz CT molecular complexity index is 919. The van der Waals surface area contributed by atoms with E-state index in [1.54, 1.807) is 25.1 Å². The van der Waals surface area contributed by atoms with Gasteiger partial charge in [-0.05, 0) is 43.4 Å². The van der Waals surface area contributed by atoms with E-state index in [9.17, 15) is 4.79 Å². The summed E-state index contributed by atoms with van der Waals surface area (Å²) in [5.41, 5.74) is 1.95. The molecule has 0 aliphatic rings. The van der Waals surface area contributed by atoms with Gasteiger partial charge in [-0.1, -0.05) is 30.3 Å². The standard InChI is InChI=1S/C18H17N3O3S/c1-2-23-17(22)14-10-6-7-11-15(14)19-12-21-18(25)24-16(20-21)13-8-4-3-5-9-13/h3-11,19H,2,12H2,1H3. The second kappa shape index (κ2) is 7.76. The lowest BCUT2D eigenvalue weighted by Gasteiger charge is -2.10. The number of benzene rings is 2. The molecule has 0 fully saturated rings. The summed E-state index contributed by atoms with van der Waals surface area (Å²) in [6, 6.07) is 16.6. The second-order valence-corrected chi connectivity index (χ2v) is 5.49. The highest BCUT2D eigenvalue weighted by atomic mass is 32.1. The fraction of sp³-hybridized carbons (Fsp3) is 0.167. The average molecular weight is 355 g/mol. The van der Waals surface area contributed by atoms with Gasteiger partial charge in [0.25, 0.3) is 4.84 Å². The number of aromatic nitrogens is 2. The second-order valence-electron chi connectivity index (χ2n) is 5.14. The Kier molecular flexibility index (Phi) is 5.25. The molecule has 3 aromatic rings. The van der Waals surface area contributed by atoms with Crippen LogP contribution in [0.15, 0.2) is 59.0 Å². The predicted molar refractivity (Wildman–Crippen MR) is 96.8 cm³/mol. The molecule has 6 nitrogen and oxygen atoms in total. The monoisotopic (exact) mass is 355 g/mol. The summed E-state index contributed by atoms with van der Waals surface area (Å²) in [6.07, 6.45) is 0. The first-order chi connectivity index (χ1) is 12.2. The highest BCUT2D eigenvalue weighted by molar-refractivity contribution is 7.71. The van der Waals surface area contributed by atoms with Crippen LogP contribution in [0.25, 0.3) is 11.5 Å². The Morgan fingerprint density at radius 1 is 1.20 bits per heavy atom. The van der Waals surface area contributed by atoms with Crippen LogP contribution in [-0.4, -0.2) is 22.4 Å². The van der Waals surface area contributed by atoms with Gasteiger partial charge < -0.3 is 14.5 Å². The zero-order valence-corrected chi connectivity index (χ0v) is 14.5. The van der Waals surface area contributed by atoms with E-state index < -0.39 is 0 Å². The molecule has 0 aliphatic heterocycles. The van der Waals surface area contributed by atoms with E-state index in [1.165, 1.54) is 4.68 Å². The van der Waals surface area contributed by atoms with Gasteiger partial charge >= 0.3 is 5.97 Å². The number of nitrogens with one attached hydrogen (secondary N) is 1. The van der Waals surface area contributed by atoms with E-state index in [0.717, 1.165) is 5.56 Å². The fourth-order valence-corrected chi connectivity index (χ4v) is 2.47. The van der Waals surface area contributed by atoms with E-state index in [-0.39, 0.29) is 17.5 Å². The molecule has 0 atom stereocenters. The van der Waals surface area contributed by atoms with Crippen LogP contribution in [0.1, 0.15) is 17.3 Å². The zero-order chi connectivity index (χ0) is 17.6. The lowest BCUT2D eigenvalue weighted by Crippen LogP contribution is -2.13. The van der Waals surface area contributed by atoms with Gasteiger partial charge in [0.05, 0.1) is 17.9 Å². The van der Waals surface area contributed by atoms with Gasteiger partial charge in [-0.3, -0.25) is 0 Å². The van der Waals surface area contributed by atoms with Gasteiger partial charge in [0.1, 0.15) is 6.67 Å². The van der Waals surface area contributed by atoms with Gasteiger partial charge in [-0.15, -0.1) is 5.10 Å². The Morgan fingerprint density at radius 2 is 1.92 bits per heavy atom. The summed E-state index contributed by atoms with van der Waals surface area (Å²) in [6.45, 7) is 2.36. The molecule has 0 saturated heterocycles. The Labute approximate surface area is 150 Å². The lowest BCUT2D eigenvalue weighted by atomic mass is 10.2. The van der Waals surface area contributed by atoms with Crippen molar-refractivity contribution in [3.63, 3.8) is 0 Å². The third kappa shape index (κ3) is 3.95. The normalized spacial score (nSPS) is 10.4. The van der Waals surface area contributed by atoms with Crippen LogP contribution in [-0.2, 0) is 11.4 Å². The molecule has 2 aromatic carbocycles. The van der Waals surface area contributed by atoms with Crippen molar-refractivity contribution < 1.29 is 13.9 Å². The Hall–Kier alpha value is -2.93. The molecule has 3 rings (SSSR count). The van der Waals surface area contributed by atoms with E-state index in [1.807, 2.05) is 36.4 Å². The molecule has 0 radical (unpaired) electrons. The van der Waals surface area contributed by atoms with Crippen molar-refractivity contribution in [3.05, 3.63) is 65.0 Å². The first-order valence-corrected chi connectivity index (χ1v) is 8.23. The van der Waals surface area contributed by atoms with Crippen molar-refractivity contribution >= 4 is 23.9 Å². The van der Waals surface area contributed by atoms with Gasteiger partial charge in [0, 0.05) is 5.56 Å². The van der Waals surface area contributed by atoms with Crippen molar-refractivity contribution in [2.75, 3.05) is 11.9 Å². The van der Waals surface area contributed by atoms with Crippen molar-refractivity contribution in [1.82, 2.24) is 9.78 Å². The number of hydrogen-bond donors (Lipinski definition) is 1. The molecule has 25 heavy (non-hydrogen) atoms. The number of carbonyl (C=O) groups is 1. The summed E-state index contributed by atoms with van der Waals surface area (Å²) < 4.78 is 12.1. The van der Waals surface area contributed by atoms with E-state index in [4.69, 9.17) is 21.4 Å². The largest absolute Gasteiger partial charge is 0.462 e. The van der Waals surface area contributed by atoms with Crippen LogP contribution in [0.2, 0.25) is 0 Å². The molecular weight excluding hydrogens is 338 g/mol. The topological polar surface area (TPSA) is 69.3 Å². The smallest absolute Gasteiger partial charge is 0.340 e. The van der Waals surface area contributed by atoms with Crippen LogP contribution in [0.3, 0.4) is 0 Å². The number of hydrogen-bond acceptors (Lipinski definition) is 6. The van der Waals surface area contributed by atoms with Gasteiger partial charge in [0.2, 0.25) is 5.89 Å². The number of carbonyl (C=O) groups excluding carboxylic acids is 1. The van der Waals surface area contributed by atoms with E-state index in [2.05, 4.69) is 10.4 Å². The summed E-state index contributed by atoms with van der Waals surface area (Å²) in [4.78, 5) is 12.3. The molecule has 128 valence electrons. The van der Waals surface area contributed by atoms with Crippen molar-refractivity contribution in [2.24, 2.45) is 0 Å². The molecule has 0 spiro atoms. The average Bonchev–Trinajstić information content (AvgIpc) is 3.02. The summed E-state index contributed by atoms with van der Waals surface area (Å²) in [5.74, 6) is 0.0744.